The van der Waals surface area contributed by atoms with Gasteiger partial charge in [-0.2, -0.15) is 5.10 Å². The summed E-state index contributed by atoms with van der Waals surface area (Å²) in [6.45, 7) is 2.74. The van der Waals surface area contributed by atoms with Crippen molar-refractivity contribution in [3.05, 3.63) is 22.7 Å². The Bertz CT molecular complexity index is 721. The van der Waals surface area contributed by atoms with Crippen molar-refractivity contribution in [2.24, 2.45) is 0 Å². The van der Waals surface area contributed by atoms with Gasteiger partial charge < -0.3 is 0 Å². The fourth-order valence-corrected chi connectivity index (χ4v) is 2.25. The van der Waals surface area contributed by atoms with E-state index in [2.05, 4.69) is 20.3 Å². The molecule has 0 spiro atoms. The third-order valence-corrected chi connectivity index (χ3v) is 3.16. The molecule has 0 unspecified atom stereocenters. The first-order chi connectivity index (χ1) is 8.22. The minimum Gasteiger partial charge on any atom is -0.248 e. The molecule has 17 heavy (non-hydrogen) atoms. The van der Waals surface area contributed by atoms with Gasteiger partial charge in [-0.15, -0.1) is 10.2 Å². The van der Waals surface area contributed by atoms with Crippen molar-refractivity contribution in [3.8, 4) is 0 Å². The molecule has 0 amide bonds. The van der Waals surface area contributed by atoms with Crippen molar-refractivity contribution in [2.45, 2.75) is 13.5 Å². The first-order valence-electron chi connectivity index (χ1n) is 5.04. The Morgan fingerprint density at radius 3 is 2.65 bits per heavy atom. The van der Waals surface area contributed by atoms with E-state index in [0.29, 0.717) is 15.7 Å². The van der Waals surface area contributed by atoms with Gasteiger partial charge in [-0.3, -0.25) is 0 Å². The third-order valence-electron chi connectivity index (χ3n) is 2.62. The Balaban J connectivity index is 2.55. The minimum absolute atomic E-state index is 0.294. The molecule has 3 aromatic heterocycles. The number of hydrogen-bond donors (Lipinski definition) is 0. The largest absolute Gasteiger partial charge is 0.248 e. The zero-order chi connectivity index (χ0) is 12.0. The van der Waals surface area contributed by atoms with E-state index in [-0.39, 0.29) is 0 Å². The number of halogens is 2. The molecule has 7 heteroatoms. The topological polar surface area (TPSA) is 56.5 Å². The van der Waals surface area contributed by atoms with E-state index in [1.807, 2.05) is 6.92 Å². The van der Waals surface area contributed by atoms with Gasteiger partial charge in [-0.05, 0) is 6.92 Å². The third kappa shape index (κ3) is 1.46. The van der Waals surface area contributed by atoms with Crippen molar-refractivity contribution < 1.29 is 0 Å². The number of hydrogen-bond acceptors (Lipinski definition) is 4. The first-order valence-corrected chi connectivity index (χ1v) is 5.80. The summed E-state index contributed by atoms with van der Waals surface area (Å²) in [6, 6.07) is 0. The summed E-state index contributed by atoms with van der Waals surface area (Å²) in [5, 5.41) is 14.7. The van der Waals surface area contributed by atoms with Crippen LogP contribution < -0.4 is 0 Å². The SMILES string of the molecule is CCn1ncc2c3c(Cl)nnc(Cl)c3cnc21. The van der Waals surface area contributed by atoms with Gasteiger partial charge in [-0.1, -0.05) is 23.2 Å². The Morgan fingerprint density at radius 2 is 1.88 bits per heavy atom. The standard InChI is InChI=1S/C10H7Cl2N5/c1-2-17-10-6(4-14-17)7-5(3-13-10)8(11)15-16-9(7)12/h3-4H,2H2,1H3. The summed E-state index contributed by atoms with van der Waals surface area (Å²) in [5.74, 6) is 0. The number of fused-ring (bicyclic) bond motifs is 3. The molecule has 0 aliphatic rings. The molecule has 3 heterocycles. The quantitative estimate of drug-likeness (QED) is 0.680. The molecule has 0 atom stereocenters. The lowest BCUT2D eigenvalue weighted by molar-refractivity contribution is 0.677. The lowest BCUT2D eigenvalue weighted by atomic mass is 10.2. The summed E-state index contributed by atoms with van der Waals surface area (Å²) in [7, 11) is 0. The van der Waals surface area contributed by atoms with Crippen LogP contribution in [-0.4, -0.2) is 25.0 Å². The highest BCUT2D eigenvalue weighted by Crippen LogP contribution is 2.31. The monoisotopic (exact) mass is 267 g/mol. The summed E-state index contributed by atoms with van der Waals surface area (Å²) in [6.07, 6.45) is 3.37. The van der Waals surface area contributed by atoms with Gasteiger partial charge in [-0.25, -0.2) is 9.67 Å². The van der Waals surface area contributed by atoms with Gasteiger partial charge in [0.05, 0.1) is 11.6 Å². The van der Waals surface area contributed by atoms with Crippen molar-refractivity contribution >= 4 is 45.0 Å². The average molecular weight is 268 g/mol. The van der Waals surface area contributed by atoms with Crippen LogP contribution in [0.1, 0.15) is 6.92 Å². The van der Waals surface area contributed by atoms with Crippen LogP contribution in [0.2, 0.25) is 10.3 Å². The van der Waals surface area contributed by atoms with Crippen molar-refractivity contribution in [3.63, 3.8) is 0 Å². The van der Waals surface area contributed by atoms with Gasteiger partial charge in [0.1, 0.15) is 0 Å². The Kier molecular flexibility index (Phi) is 2.38. The van der Waals surface area contributed by atoms with E-state index in [1.54, 1.807) is 17.1 Å². The lowest BCUT2D eigenvalue weighted by Gasteiger charge is -2.02. The van der Waals surface area contributed by atoms with Gasteiger partial charge in [0.15, 0.2) is 16.0 Å². The van der Waals surface area contributed by atoms with Crippen molar-refractivity contribution in [1.29, 1.82) is 0 Å². The highest BCUT2D eigenvalue weighted by Gasteiger charge is 2.13. The molecule has 0 radical (unpaired) electrons. The lowest BCUT2D eigenvalue weighted by Crippen LogP contribution is -1.97. The zero-order valence-electron chi connectivity index (χ0n) is 8.85. The van der Waals surface area contributed by atoms with Gasteiger partial charge in [0, 0.05) is 23.5 Å². The molecule has 0 saturated heterocycles. The van der Waals surface area contributed by atoms with E-state index in [9.17, 15) is 0 Å². The van der Waals surface area contributed by atoms with Crippen LogP contribution in [0.4, 0.5) is 0 Å². The second kappa shape index (κ2) is 3.78. The molecule has 0 N–H and O–H groups in total. The van der Waals surface area contributed by atoms with Crippen LogP contribution in [0, 0.1) is 0 Å². The summed E-state index contributed by atoms with van der Waals surface area (Å²) in [5.41, 5.74) is 0.769. The molecule has 86 valence electrons. The maximum absolute atomic E-state index is 6.06. The van der Waals surface area contributed by atoms with E-state index in [4.69, 9.17) is 23.2 Å². The highest BCUT2D eigenvalue weighted by molar-refractivity contribution is 6.40. The van der Waals surface area contributed by atoms with Gasteiger partial charge >= 0.3 is 0 Å². The molecule has 0 aromatic carbocycles. The molecular weight excluding hydrogens is 261 g/mol. The molecule has 0 bridgehead atoms. The predicted octanol–water partition coefficient (Wildman–Crippen LogP) is 2.70. The van der Waals surface area contributed by atoms with E-state index >= 15 is 0 Å². The first kappa shape index (κ1) is 10.7. The zero-order valence-corrected chi connectivity index (χ0v) is 10.4. The van der Waals surface area contributed by atoms with Crippen molar-refractivity contribution in [2.75, 3.05) is 0 Å². The molecule has 0 fully saturated rings. The van der Waals surface area contributed by atoms with E-state index < -0.39 is 0 Å². The average Bonchev–Trinajstić information content (AvgIpc) is 2.76. The van der Waals surface area contributed by atoms with Crippen LogP contribution in [-0.2, 0) is 6.54 Å². The smallest absolute Gasteiger partial charge is 0.161 e. The van der Waals surface area contributed by atoms with Crippen LogP contribution in [0.3, 0.4) is 0 Å². The normalized spacial score (nSPS) is 11.5. The van der Waals surface area contributed by atoms with E-state index in [1.165, 1.54) is 0 Å². The Morgan fingerprint density at radius 1 is 1.12 bits per heavy atom. The number of nitrogens with zero attached hydrogens (tertiary/aromatic N) is 5. The maximum Gasteiger partial charge on any atom is 0.161 e. The molecule has 5 nitrogen and oxygen atoms in total. The second-order valence-corrected chi connectivity index (χ2v) is 4.24. The predicted molar refractivity (Wildman–Crippen MR) is 66.3 cm³/mol. The molecular formula is C10H7Cl2N5. The summed E-state index contributed by atoms with van der Waals surface area (Å²) in [4.78, 5) is 4.33. The Labute approximate surface area is 106 Å². The fourth-order valence-electron chi connectivity index (χ4n) is 1.83. The maximum atomic E-state index is 6.06. The molecule has 3 rings (SSSR count). The molecule has 0 aliphatic carbocycles. The van der Waals surface area contributed by atoms with Crippen molar-refractivity contribution in [1.82, 2.24) is 25.0 Å². The number of rotatable bonds is 1. The number of aryl methyl sites for hydroxylation is 1. The van der Waals surface area contributed by atoms with Crippen LogP contribution in [0.15, 0.2) is 12.4 Å². The molecule has 3 aromatic rings. The summed E-state index contributed by atoms with van der Waals surface area (Å²) < 4.78 is 1.79. The highest BCUT2D eigenvalue weighted by atomic mass is 35.5. The van der Waals surface area contributed by atoms with Crippen LogP contribution in [0.5, 0.6) is 0 Å². The van der Waals surface area contributed by atoms with Crippen LogP contribution in [0.25, 0.3) is 21.8 Å². The van der Waals surface area contributed by atoms with E-state index in [0.717, 1.165) is 23.0 Å². The molecule has 0 saturated carbocycles. The summed E-state index contributed by atoms with van der Waals surface area (Å²) >= 11 is 12.0. The van der Waals surface area contributed by atoms with Crippen LogP contribution >= 0.6 is 23.2 Å². The second-order valence-electron chi connectivity index (χ2n) is 3.53. The van der Waals surface area contributed by atoms with Gasteiger partial charge in [0.2, 0.25) is 0 Å². The molecule has 0 aliphatic heterocycles. The fraction of sp³-hybridized carbons (Fsp3) is 0.200. The minimum atomic E-state index is 0.294. The number of aromatic nitrogens is 5. The Hall–Kier alpha value is -1.46. The number of pyridine rings is 1. The van der Waals surface area contributed by atoms with Gasteiger partial charge in [0.25, 0.3) is 0 Å².